The van der Waals surface area contributed by atoms with E-state index in [1.807, 2.05) is 30.3 Å². The molecule has 3 nitrogen and oxygen atoms in total. The Labute approximate surface area is 130 Å². The Morgan fingerprint density at radius 3 is 2.50 bits per heavy atom. The standard InChI is InChI=1S/C19H19O3/c20-17-13-16(14-7-3-1-4-8-14)11-12-18(17)22-19(21)15-9-5-2-6-10-15/h2-10,16-18,20H,11-13H2. The fourth-order valence-electron chi connectivity index (χ4n) is 3.01. The van der Waals surface area contributed by atoms with Gasteiger partial charge in [0.05, 0.1) is 11.7 Å². The predicted molar refractivity (Wildman–Crippen MR) is 83.5 cm³/mol. The second-order valence-corrected chi connectivity index (χ2v) is 5.72. The van der Waals surface area contributed by atoms with Crippen molar-refractivity contribution in [1.29, 1.82) is 0 Å². The molecule has 1 aliphatic carbocycles. The molecular weight excluding hydrogens is 276 g/mol. The third-order valence-electron chi connectivity index (χ3n) is 4.24. The molecule has 2 aromatic carbocycles. The van der Waals surface area contributed by atoms with Crippen molar-refractivity contribution in [3.05, 3.63) is 71.8 Å². The fraction of sp³-hybridized carbons (Fsp3) is 0.316. The Morgan fingerprint density at radius 1 is 1.09 bits per heavy atom. The van der Waals surface area contributed by atoms with Crippen LogP contribution in [0.15, 0.2) is 54.6 Å². The summed E-state index contributed by atoms with van der Waals surface area (Å²) in [7, 11) is 0. The van der Waals surface area contributed by atoms with E-state index in [9.17, 15) is 9.90 Å². The lowest BCUT2D eigenvalue weighted by Gasteiger charge is -2.33. The van der Waals surface area contributed by atoms with Gasteiger partial charge in [-0.25, -0.2) is 4.79 Å². The van der Waals surface area contributed by atoms with Crippen LogP contribution in [-0.4, -0.2) is 23.3 Å². The van der Waals surface area contributed by atoms with Gasteiger partial charge in [-0.3, -0.25) is 0 Å². The summed E-state index contributed by atoms with van der Waals surface area (Å²) in [5.41, 5.74) is 1.74. The maximum Gasteiger partial charge on any atom is 0.338 e. The van der Waals surface area contributed by atoms with Gasteiger partial charge >= 0.3 is 5.97 Å². The molecule has 1 saturated carbocycles. The number of hydrogen-bond donors (Lipinski definition) is 1. The molecule has 0 saturated heterocycles. The normalized spacial score (nSPS) is 24.7. The van der Waals surface area contributed by atoms with Crippen molar-refractivity contribution < 1.29 is 14.6 Å². The number of esters is 1. The van der Waals surface area contributed by atoms with E-state index in [2.05, 4.69) is 6.07 Å². The Kier molecular flexibility index (Phi) is 4.54. The van der Waals surface area contributed by atoms with Gasteiger partial charge in [-0.2, -0.15) is 0 Å². The van der Waals surface area contributed by atoms with E-state index in [0.717, 1.165) is 6.42 Å². The first kappa shape index (κ1) is 14.8. The molecule has 1 N–H and O–H groups in total. The van der Waals surface area contributed by atoms with Gasteiger partial charge in [0.15, 0.2) is 0 Å². The SMILES string of the molecule is O=C(OC1CCC(c2cc[c]cc2)CC1O)c1ccccc1. The van der Waals surface area contributed by atoms with E-state index in [4.69, 9.17) is 4.74 Å². The lowest BCUT2D eigenvalue weighted by atomic mass is 9.81. The molecule has 1 aliphatic rings. The van der Waals surface area contributed by atoms with Gasteiger partial charge in [-0.15, -0.1) is 0 Å². The lowest BCUT2D eigenvalue weighted by molar-refractivity contribution is -0.0401. The summed E-state index contributed by atoms with van der Waals surface area (Å²) >= 11 is 0. The molecule has 0 heterocycles. The molecule has 0 bridgehead atoms. The second-order valence-electron chi connectivity index (χ2n) is 5.72. The van der Waals surface area contributed by atoms with E-state index in [1.165, 1.54) is 5.56 Å². The minimum atomic E-state index is -0.615. The van der Waals surface area contributed by atoms with Gasteiger partial charge in [0.25, 0.3) is 0 Å². The van der Waals surface area contributed by atoms with Crippen LogP contribution < -0.4 is 0 Å². The number of aliphatic hydroxyl groups excluding tert-OH is 1. The molecule has 0 aliphatic heterocycles. The van der Waals surface area contributed by atoms with Crippen LogP contribution in [0.25, 0.3) is 0 Å². The number of aliphatic hydroxyl groups is 1. The number of benzene rings is 2. The topological polar surface area (TPSA) is 46.5 Å². The molecule has 2 aromatic rings. The Morgan fingerprint density at radius 2 is 1.82 bits per heavy atom. The molecule has 0 aromatic heterocycles. The lowest BCUT2D eigenvalue weighted by Crippen LogP contribution is -2.36. The first-order valence-corrected chi connectivity index (χ1v) is 7.64. The third-order valence-corrected chi connectivity index (χ3v) is 4.24. The molecular formula is C19H19O3. The second kappa shape index (κ2) is 6.75. The summed E-state index contributed by atoms with van der Waals surface area (Å²) < 4.78 is 5.48. The van der Waals surface area contributed by atoms with Crippen molar-refractivity contribution in [1.82, 2.24) is 0 Å². The van der Waals surface area contributed by atoms with Crippen molar-refractivity contribution in [2.75, 3.05) is 0 Å². The number of ether oxygens (including phenoxy) is 1. The average molecular weight is 295 g/mol. The highest BCUT2D eigenvalue weighted by Gasteiger charge is 2.32. The van der Waals surface area contributed by atoms with E-state index in [1.54, 1.807) is 24.3 Å². The molecule has 22 heavy (non-hydrogen) atoms. The van der Waals surface area contributed by atoms with Gasteiger partial charge in [0, 0.05) is 0 Å². The monoisotopic (exact) mass is 295 g/mol. The van der Waals surface area contributed by atoms with Crippen LogP contribution in [0.5, 0.6) is 0 Å². The summed E-state index contributed by atoms with van der Waals surface area (Å²) in [5.74, 6) is -0.0475. The quantitative estimate of drug-likeness (QED) is 0.883. The summed E-state index contributed by atoms with van der Waals surface area (Å²) in [6.07, 6.45) is 1.18. The average Bonchev–Trinajstić information content (AvgIpc) is 2.58. The first-order valence-electron chi connectivity index (χ1n) is 7.64. The van der Waals surface area contributed by atoms with Gasteiger partial charge in [-0.05, 0) is 48.9 Å². The van der Waals surface area contributed by atoms with Crippen LogP contribution in [0.4, 0.5) is 0 Å². The molecule has 1 radical (unpaired) electrons. The van der Waals surface area contributed by atoms with Crippen LogP contribution >= 0.6 is 0 Å². The molecule has 3 heteroatoms. The number of carbonyl (C=O) groups is 1. The molecule has 3 atom stereocenters. The highest BCUT2D eigenvalue weighted by Crippen LogP contribution is 2.34. The summed E-state index contributed by atoms with van der Waals surface area (Å²) in [5, 5.41) is 10.3. The zero-order valence-electron chi connectivity index (χ0n) is 12.3. The zero-order valence-corrected chi connectivity index (χ0v) is 12.3. The minimum Gasteiger partial charge on any atom is -0.456 e. The molecule has 3 rings (SSSR count). The number of carbonyl (C=O) groups excluding carboxylic acids is 1. The molecule has 113 valence electrons. The number of hydrogen-bond acceptors (Lipinski definition) is 3. The van der Waals surface area contributed by atoms with Crippen molar-refractivity contribution in [3.8, 4) is 0 Å². The minimum absolute atomic E-state index is 0.316. The Hall–Kier alpha value is -2.13. The highest BCUT2D eigenvalue weighted by molar-refractivity contribution is 5.89. The van der Waals surface area contributed by atoms with E-state index in [0.29, 0.717) is 24.3 Å². The van der Waals surface area contributed by atoms with Crippen LogP contribution in [0.3, 0.4) is 0 Å². The van der Waals surface area contributed by atoms with Gasteiger partial charge in [-0.1, -0.05) is 42.5 Å². The zero-order chi connectivity index (χ0) is 15.4. The molecule has 3 unspecified atom stereocenters. The van der Waals surface area contributed by atoms with Crippen molar-refractivity contribution in [3.63, 3.8) is 0 Å². The van der Waals surface area contributed by atoms with Crippen LogP contribution in [-0.2, 0) is 4.74 Å². The van der Waals surface area contributed by atoms with E-state index in [-0.39, 0.29) is 5.97 Å². The fourth-order valence-corrected chi connectivity index (χ4v) is 3.01. The molecule has 0 amide bonds. The van der Waals surface area contributed by atoms with Gasteiger partial charge < -0.3 is 9.84 Å². The Balaban J connectivity index is 1.60. The van der Waals surface area contributed by atoms with Crippen LogP contribution in [0.2, 0.25) is 0 Å². The van der Waals surface area contributed by atoms with E-state index >= 15 is 0 Å². The van der Waals surface area contributed by atoms with E-state index < -0.39 is 12.2 Å². The number of rotatable bonds is 3. The van der Waals surface area contributed by atoms with Gasteiger partial charge in [0.2, 0.25) is 0 Å². The van der Waals surface area contributed by atoms with Crippen molar-refractivity contribution in [2.24, 2.45) is 0 Å². The smallest absolute Gasteiger partial charge is 0.338 e. The summed E-state index contributed by atoms with van der Waals surface area (Å²) in [6, 6.07) is 19.8. The maximum atomic E-state index is 12.1. The maximum absolute atomic E-state index is 12.1. The van der Waals surface area contributed by atoms with Gasteiger partial charge in [0.1, 0.15) is 6.10 Å². The molecule has 1 fully saturated rings. The highest BCUT2D eigenvalue weighted by atomic mass is 16.6. The molecule has 0 spiro atoms. The van der Waals surface area contributed by atoms with Crippen LogP contribution in [0, 0.1) is 6.07 Å². The largest absolute Gasteiger partial charge is 0.456 e. The summed E-state index contributed by atoms with van der Waals surface area (Å²) in [4.78, 5) is 12.1. The Bertz CT molecular complexity index is 609. The summed E-state index contributed by atoms with van der Waals surface area (Å²) in [6.45, 7) is 0. The predicted octanol–water partition coefficient (Wildman–Crippen LogP) is 3.34. The van der Waals surface area contributed by atoms with Crippen LogP contribution in [0.1, 0.15) is 41.1 Å². The first-order chi connectivity index (χ1) is 10.7. The van der Waals surface area contributed by atoms with Crippen molar-refractivity contribution in [2.45, 2.75) is 37.4 Å². The van der Waals surface area contributed by atoms with Crippen molar-refractivity contribution >= 4 is 5.97 Å². The third kappa shape index (κ3) is 3.37.